The molecule has 0 radical (unpaired) electrons. The van der Waals surface area contributed by atoms with Crippen LogP contribution < -0.4 is 9.64 Å². The first kappa shape index (κ1) is 27.7. The molecule has 7 rings (SSSR count). The number of nitriles is 1. The Morgan fingerprint density at radius 3 is 2.81 bits per heavy atom. The van der Waals surface area contributed by atoms with E-state index in [-0.39, 0.29) is 37.4 Å². The Kier molecular flexibility index (Phi) is 7.01. The van der Waals surface area contributed by atoms with Crippen LogP contribution in [0.3, 0.4) is 0 Å². The van der Waals surface area contributed by atoms with Crippen molar-refractivity contribution in [2.24, 2.45) is 5.92 Å². The minimum absolute atomic E-state index is 0.00945. The van der Waals surface area contributed by atoms with Crippen molar-refractivity contribution in [1.82, 2.24) is 19.8 Å². The SMILES string of the molecule is C=C(F)C(=O)N1CCN(c2nc(OC[C@@H]3CCCN3C)nc3cc(-c4cccc5c4CC4CC54)c(F)cc23)C[C@@H]1CC#N. The summed E-state index contributed by atoms with van der Waals surface area (Å²) in [5, 5.41) is 9.98. The van der Waals surface area contributed by atoms with Crippen LogP contribution in [0.2, 0.25) is 0 Å². The molecular weight excluding hydrogens is 550 g/mol. The summed E-state index contributed by atoms with van der Waals surface area (Å²) >= 11 is 0. The van der Waals surface area contributed by atoms with E-state index in [1.807, 2.05) is 17.0 Å². The average Bonchev–Trinajstić information content (AvgIpc) is 3.49. The van der Waals surface area contributed by atoms with E-state index >= 15 is 4.39 Å². The number of hydrogen-bond acceptors (Lipinski definition) is 7. The van der Waals surface area contributed by atoms with Gasteiger partial charge >= 0.3 is 6.01 Å². The van der Waals surface area contributed by atoms with Gasteiger partial charge in [0.1, 0.15) is 18.2 Å². The summed E-state index contributed by atoms with van der Waals surface area (Å²) in [6.45, 7) is 5.30. The number of rotatable bonds is 7. The van der Waals surface area contributed by atoms with Gasteiger partial charge in [0.2, 0.25) is 0 Å². The van der Waals surface area contributed by atoms with Crippen molar-refractivity contribution in [2.45, 2.75) is 50.1 Å². The zero-order valence-electron chi connectivity index (χ0n) is 24.2. The van der Waals surface area contributed by atoms with E-state index in [0.717, 1.165) is 31.4 Å². The van der Waals surface area contributed by atoms with Crippen molar-refractivity contribution in [2.75, 3.05) is 44.7 Å². The number of piperazine rings is 1. The summed E-state index contributed by atoms with van der Waals surface area (Å²) in [5.41, 5.74) is 4.54. The number of hydrogen-bond donors (Lipinski definition) is 0. The molecule has 1 amide bonds. The predicted octanol–water partition coefficient (Wildman–Crippen LogP) is 4.98. The first-order valence-corrected chi connectivity index (χ1v) is 15.1. The van der Waals surface area contributed by atoms with Crippen molar-refractivity contribution >= 4 is 22.6 Å². The zero-order valence-corrected chi connectivity index (χ0v) is 24.2. The monoisotopic (exact) mass is 584 g/mol. The molecule has 43 heavy (non-hydrogen) atoms. The molecule has 4 atom stereocenters. The standard InChI is InChI=1S/C33H34F2N6O2/c1-19(34)32(42)41-12-11-40(17-21(41)8-9-36)31-28-15-29(35)27(24-7-3-6-23-25-13-20(25)14-26(23)24)16-30(28)37-33(38-31)43-18-22-5-4-10-39(22)2/h3,6-7,15-16,20-22,25H,1,4-5,8,10-14,17-18H2,2H3/t20?,21-,22-,25?/m0/s1. The summed E-state index contributed by atoms with van der Waals surface area (Å²) < 4.78 is 36.0. The van der Waals surface area contributed by atoms with Crippen LogP contribution in [0, 0.1) is 23.1 Å². The van der Waals surface area contributed by atoms with Gasteiger partial charge < -0.3 is 19.4 Å². The maximum Gasteiger partial charge on any atom is 0.319 e. The van der Waals surface area contributed by atoms with Crippen molar-refractivity contribution in [3.8, 4) is 23.2 Å². The Morgan fingerprint density at radius 1 is 1.19 bits per heavy atom. The number of halogens is 2. The molecule has 0 spiro atoms. The van der Waals surface area contributed by atoms with E-state index in [1.54, 1.807) is 6.07 Å². The van der Waals surface area contributed by atoms with Crippen LogP contribution in [0.1, 0.15) is 42.7 Å². The first-order chi connectivity index (χ1) is 20.8. The fourth-order valence-electron chi connectivity index (χ4n) is 7.28. The number of likely N-dealkylation sites (tertiary alicyclic amines) is 1. The van der Waals surface area contributed by atoms with E-state index in [4.69, 9.17) is 14.7 Å². The lowest BCUT2D eigenvalue weighted by atomic mass is 9.93. The molecule has 2 aromatic carbocycles. The zero-order chi connectivity index (χ0) is 29.8. The number of fused-ring (bicyclic) bond motifs is 4. The second-order valence-electron chi connectivity index (χ2n) is 12.3. The minimum Gasteiger partial charge on any atom is -0.462 e. The van der Waals surface area contributed by atoms with Crippen LogP contribution >= 0.6 is 0 Å². The molecule has 0 N–H and O–H groups in total. The molecule has 1 saturated carbocycles. The Hall–Kier alpha value is -4.10. The Labute approximate surface area is 249 Å². The highest BCUT2D eigenvalue weighted by Crippen LogP contribution is 2.58. The van der Waals surface area contributed by atoms with Gasteiger partial charge in [-0.25, -0.2) is 8.78 Å². The molecule has 8 nitrogen and oxygen atoms in total. The van der Waals surface area contributed by atoms with E-state index in [1.165, 1.54) is 28.5 Å². The topological polar surface area (TPSA) is 85.6 Å². The van der Waals surface area contributed by atoms with Gasteiger partial charge in [-0.3, -0.25) is 4.79 Å². The van der Waals surface area contributed by atoms with E-state index in [2.05, 4.69) is 30.7 Å². The number of benzene rings is 2. The van der Waals surface area contributed by atoms with Crippen LogP contribution in [-0.4, -0.2) is 77.6 Å². The maximum atomic E-state index is 16.0. The molecule has 3 fully saturated rings. The summed E-state index contributed by atoms with van der Waals surface area (Å²) in [4.78, 5) is 27.5. The second kappa shape index (κ2) is 10.9. The fourth-order valence-corrected chi connectivity index (χ4v) is 7.28. The van der Waals surface area contributed by atoms with Crippen molar-refractivity contribution < 1.29 is 18.3 Å². The van der Waals surface area contributed by atoms with Crippen molar-refractivity contribution in [3.05, 3.63) is 59.7 Å². The summed E-state index contributed by atoms with van der Waals surface area (Å²) in [6.07, 6.45) is 4.33. The minimum atomic E-state index is -1.06. The highest BCUT2D eigenvalue weighted by Gasteiger charge is 2.45. The van der Waals surface area contributed by atoms with E-state index in [0.29, 0.717) is 47.3 Å². The maximum absolute atomic E-state index is 16.0. The smallest absolute Gasteiger partial charge is 0.319 e. The fraction of sp³-hybridized carbons (Fsp3) is 0.455. The number of carbonyl (C=O) groups is 1. The lowest BCUT2D eigenvalue weighted by molar-refractivity contribution is -0.131. The third-order valence-electron chi connectivity index (χ3n) is 9.71. The molecule has 2 aliphatic heterocycles. The molecule has 222 valence electrons. The second-order valence-corrected chi connectivity index (χ2v) is 12.3. The molecular formula is C33H34F2N6O2. The molecule has 0 bridgehead atoms. The molecule has 2 aliphatic carbocycles. The molecule has 3 heterocycles. The van der Waals surface area contributed by atoms with Gasteiger partial charge in [0, 0.05) is 36.6 Å². The van der Waals surface area contributed by atoms with Crippen molar-refractivity contribution in [1.29, 1.82) is 5.26 Å². The lowest BCUT2D eigenvalue weighted by Gasteiger charge is -2.41. The summed E-state index contributed by atoms with van der Waals surface area (Å²) in [5.74, 6) is -0.495. The molecule has 2 saturated heterocycles. The van der Waals surface area contributed by atoms with Gasteiger partial charge in [-0.15, -0.1) is 0 Å². The first-order valence-electron chi connectivity index (χ1n) is 15.1. The predicted molar refractivity (Wildman–Crippen MR) is 159 cm³/mol. The van der Waals surface area contributed by atoms with Crippen LogP contribution in [0.25, 0.3) is 22.0 Å². The van der Waals surface area contributed by atoms with Gasteiger partial charge in [-0.2, -0.15) is 15.2 Å². The number of amides is 1. The number of aromatic nitrogens is 2. The van der Waals surface area contributed by atoms with Gasteiger partial charge in [0.25, 0.3) is 5.91 Å². The van der Waals surface area contributed by atoms with Gasteiger partial charge in [-0.05, 0) is 79.9 Å². The number of anilines is 1. The van der Waals surface area contributed by atoms with Gasteiger partial charge in [0.15, 0.2) is 5.83 Å². The van der Waals surface area contributed by atoms with E-state index < -0.39 is 17.8 Å². The highest BCUT2D eigenvalue weighted by molar-refractivity contribution is 5.94. The average molecular weight is 585 g/mol. The van der Waals surface area contributed by atoms with Crippen LogP contribution in [0.15, 0.2) is 42.7 Å². The van der Waals surface area contributed by atoms with E-state index in [9.17, 15) is 14.4 Å². The third kappa shape index (κ3) is 4.99. The molecule has 4 aliphatic rings. The third-order valence-corrected chi connectivity index (χ3v) is 9.71. The number of nitrogens with zero attached hydrogens (tertiary/aromatic N) is 6. The highest BCUT2D eigenvalue weighted by atomic mass is 19.1. The summed E-state index contributed by atoms with van der Waals surface area (Å²) in [7, 11) is 2.08. The largest absolute Gasteiger partial charge is 0.462 e. The summed E-state index contributed by atoms with van der Waals surface area (Å²) in [6, 6.07) is 11.4. The molecule has 10 heteroatoms. The normalized spacial score (nSPS) is 24.5. The Bertz CT molecular complexity index is 1670. The Balaban J connectivity index is 1.28. The van der Waals surface area contributed by atoms with Crippen molar-refractivity contribution in [3.63, 3.8) is 0 Å². The lowest BCUT2D eigenvalue weighted by Crippen LogP contribution is -2.55. The van der Waals surface area contributed by atoms with Crippen LogP contribution in [0.4, 0.5) is 14.6 Å². The van der Waals surface area contributed by atoms with Crippen LogP contribution in [-0.2, 0) is 11.2 Å². The Morgan fingerprint density at radius 2 is 2.05 bits per heavy atom. The molecule has 1 aromatic heterocycles. The van der Waals surface area contributed by atoms with Crippen LogP contribution in [0.5, 0.6) is 6.01 Å². The quantitative estimate of drug-likeness (QED) is 0.362. The van der Waals surface area contributed by atoms with Gasteiger partial charge in [-0.1, -0.05) is 24.8 Å². The molecule has 2 unspecified atom stereocenters. The number of likely N-dealkylation sites (N-methyl/N-ethyl adjacent to an activating group) is 1. The molecule has 3 aromatic rings. The number of ether oxygens (including phenoxy) is 1. The number of carbonyl (C=O) groups excluding carboxylic acids is 1. The van der Waals surface area contributed by atoms with Gasteiger partial charge in [0.05, 0.1) is 24.0 Å².